The zero-order valence-corrected chi connectivity index (χ0v) is 20.3. The van der Waals surface area contributed by atoms with Crippen molar-refractivity contribution in [2.75, 3.05) is 13.7 Å². The zero-order valence-electron chi connectivity index (χ0n) is 20.3. The number of hydrogen-bond donors (Lipinski definition) is 3. The number of ether oxygens (including phenoxy) is 1. The summed E-state index contributed by atoms with van der Waals surface area (Å²) in [5, 5.41) is 18.8. The van der Waals surface area contributed by atoms with Crippen molar-refractivity contribution >= 4 is 17.5 Å². The number of methoxy groups -OCH3 is 1. The van der Waals surface area contributed by atoms with Gasteiger partial charge in [0.25, 0.3) is 5.91 Å². The minimum Gasteiger partial charge on any atom is -0.494 e. The van der Waals surface area contributed by atoms with Gasteiger partial charge in [-0.25, -0.2) is 14.4 Å². The van der Waals surface area contributed by atoms with Crippen molar-refractivity contribution < 1.29 is 28.7 Å². The van der Waals surface area contributed by atoms with Crippen LogP contribution in [0.2, 0.25) is 0 Å². The summed E-state index contributed by atoms with van der Waals surface area (Å²) < 4.78 is 18.6. The Balaban J connectivity index is 1.34. The Bertz CT molecular complexity index is 1150. The van der Waals surface area contributed by atoms with Crippen molar-refractivity contribution in [2.24, 2.45) is 11.1 Å². The van der Waals surface area contributed by atoms with Gasteiger partial charge >= 0.3 is 0 Å². The molecule has 1 fully saturated rings. The first kappa shape index (κ1) is 25.5. The first-order valence-corrected chi connectivity index (χ1v) is 12.0. The van der Waals surface area contributed by atoms with Gasteiger partial charge in [-0.15, -0.1) is 0 Å². The lowest BCUT2D eigenvalue weighted by molar-refractivity contribution is -0.124. The van der Waals surface area contributed by atoms with Crippen LogP contribution < -0.4 is 15.4 Å². The van der Waals surface area contributed by atoms with E-state index in [0.717, 1.165) is 25.7 Å². The summed E-state index contributed by atoms with van der Waals surface area (Å²) in [4.78, 5) is 38.6. The molecule has 2 aromatic rings. The highest BCUT2D eigenvalue weighted by Gasteiger charge is 2.34. The predicted molar refractivity (Wildman–Crippen MR) is 128 cm³/mol. The molecule has 192 valence electrons. The summed E-state index contributed by atoms with van der Waals surface area (Å²) in [5.41, 5.74) is 2.11. The number of oxime groups is 1. The largest absolute Gasteiger partial charge is 0.494 e. The molecule has 1 aromatic carbocycles. The fraction of sp³-hybridized carbons (Fsp3) is 0.480. The lowest BCUT2D eigenvalue weighted by Crippen LogP contribution is -2.40. The van der Waals surface area contributed by atoms with Gasteiger partial charge in [-0.05, 0) is 62.3 Å². The smallest absolute Gasteiger partial charge is 0.270 e. The standard InChI is InChI=1S/C25H30FN5O5/c1-14-28-19(10-21(29-14)25(34)27-12-15-3-8-18(26)23(9-15)35-2)20-11-22(36-31-20)16-4-6-17(7-5-16)30-24(33)13-32/h3,8-10,16-17,22,32H,4-7,11-13H2,1-2H3,(H,27,34)(H,30,33)/t16-,17-,22?. The lowest BCUT2D eigenvalue weighted by Gasteiger charge is -2.31. The quantitative estimate of drug-likeness (QED) is 0.506. The number of aliphatic hydroxyl groups excluding tert-OH is 1. The molecule has 1 aromatic heterocycles. The third kappa shape index (κ3) is 6.14. The van der Waals surface area contributed by atoms with Crippen LogP contribution in [0.15, 0.2) is 29.4 Å². The molecule has 0 bridgehead atoms. The van der Waals surface area contributed by atoms with Crippen LogP contribution in [0.1, 0.15) is 59.7 Å². The van der Waals surface area contributed by atoms with Crippen LogP contribution in [-0.2, 0) is 16.2 Å². The van der Waals surface area contributed by atoms with Crippen LogP contribution in [0, 0.1) is 18.7 Å². The van der Waals surface area contributed by atoms with E-state index in [4.69, 9.17) is 14.7 Å². The highest BCUT2D eigenvalue weighted by atomic mass is 19.1. The first-order valence-electron chi connectivity index (χ1n) is 12.0. The summed E-state index contributed by atoms with van der Waals surface area (Å²) in [6.07, 6.45) is 3.90. The van der Waals surface area contributed by atoms with Gasteiger partial charge in [0.05, 0.1) is 12.8 Å². The van der Waals surface area contributed by atoms with Crippen molar-refractivity contribution in [1.82, 2.24) is 20.6 Å². The summed E-state index contributed by atoms with van der Waals surface area (Å²) in [6, 6.07) is 6.07. The van der Waals surface area contributed by atoms with Gasteiger partial charge in [0.2, 0.25) is 5.91 Å². The Labute approximate surface area is 208 Å². The minimum atomic E-state index is -0.498. The fourth-order valence-electron chi connectivity index (χ4n) is 4.63. The Morgan fingerprint density at radius 2 is 1.97 bits per heavy atom. The van der Waals surface area contributed by atoms with E-state index in [0.29, 0.717) is 35.1 Å². The van der Waals surface area contributed by atoms with E-state index in [1.165, 1.54) is 19.2 Å². The molecule has 11 heteroatoms. The molecule has 36 heavy (non-hydrogen) atoms. The molecule has 1 saturated carbocycles. The number of amides is 2. The molecule has 1 unspecified atom stereocenters. The number of benzene rings is 1. The molecule has 2 heterocycles. The summed E-state index contributed by atoms with van der Waals surface area (Å²) in [7, 11) is 1.38. The van der Waals surface area contributed by atoms with Gasteiger partial charge in [0.15, 0.2) is 11.6 Å². The number of hydrogen-bond acceptors (Lipinski definition) is 8. The van der Waals surface area contributed by atoms with E-state index >= 15 is 0 Å². The predicted octanol–water partition coefficient (Wildman–Crippen LogP) is 2.02. The summed E-state index contributed by atoms with van der Waals surface area (Å²) >= 11 is 0. The third-order valence-corrected chi connectivity index (χ3v) is 6.53. The van der Waals surface area contributed by atoms with Crippen LogP contribution in [0.25, 0.3) is 0 Å². The Morgan fingerprint density at radius 3 is 2.69 bits per heavy atom. The van der Waals surface area contributed by atoms with E-state index in [1.54, 1.807) is 19.1 Å². The average molecular weight is 500 g/mol. The highest BCUT2D eigenvalue weighted by Crippen LogP contribution is 2.33. The number of aryl methyl sites for hydroxylation is 1. The topological polar surface area (TPSA) is 135 Å². The van der Waals surface area contributed by atoms with Gasteiger partial charge in [0.1, 0.15) is 29.9 Å². The van der Waals surface area contributed by atoms with Crippen molar-refractivity contribution in [2.45, 2.75) is 57.7 Å². The van der Waals surface area contributed by atoms with E-state index in [1.807, 2.05) is 0 Å². The molecule has 4 rings (SSSR count). The van der Waals surface area contributed by atoms with Gasteiger partial charge in [-0.2, -0.15) is 0 Å². The number of nitrogens with one attached hydrogen (secondary N) is 2. The normalized spacial score (nSPS) is 21.3. The number of carbonyl (C=O) groups is 2. The Kier molecular flexibility index (Phi) is 8.09. The summed E-state index contributed by atoms with van der Waals surface area (Å²) in [5.74, 6) is -0.358. The first-order chi connectivity index (χ1) is 17.4. The van der Waals surface area contributed by atoms with Crippen molar-refractivity contribution in [3.05, 3.63) is 52.9 Å². The van der Waals surface area contributed by atoms with Crippen molar-refractivity contribution in [3.8, 4) is 5.75 Å². The SMILES string of the molecule is COc1cc(CNC(=O)c2cc(C3=NOC([C@H]4CC[C@H](NC(=O)CO)CC4)C3)nc(C)n2)ccc1F. The molecule has 1 atom stereocenters. The number of carbonyl (C=O) groups excluding carboxylic acids is 2. The maximum absolute atomic E-state index is 13.6. The van der Waals surface area contributed by atoms with Crippen LogP contribution in [-0.4, -0.2) is 58.5 Å². The number of nitrogens with zero attached hydrogens (tertiary/aromatic N) is 3. The molecule has 1 aliphatic carbocycles. The molecule has 10 nitrogen and oxygen atoms in total. The van der Waals surface area contributed by atoms with E-state index in [2.05, 4.69) is 25.8 Å². The number of aliphatic hydroxyl groups is 1. The van der Waals surface area contributed by atoms with Crippen LogP contribution >= 0.6 is 0 Å². The molecule has 1 aliphatic heterocycles. The maximum Gasteiger partial charge on any atom is 0.270 e. The zero-order chi connectivity index (χ0) is 25.7. The van der Waals surface area contributed by atoms with Gasteiger partial charge in [-0.3, -0.25) is 9.59 Å². The molecular weight excluding hydrogens is 469 g/mol. The highest BCUT2D eigenvalue weighted by molar-refractivity contribution is 6.01. The molecular formula is C25H30FN5O5. The molecule has 0 saturated heterocycles. The Hall–Kier alpha value is -3.60. The van der Waals surface area contributed by atoms with Crippen molar-refractivity contribution in [3.63, 3.8) is 0 Å². The maximum atomic E-state index is 13.6. The molecule has 0 radical (unpaired) electrons. The third-order valence-electron chi connectivity index (χ3n) is 6.53. The number of aromatic nitrogens is 2. The van der Waals surface area contributed by atoms with Crippen LogP contribution in [0.5, 0.6) is 5.75 Å². The lowest BCUT2D eigenvalue weighted by atomic mass is 9.81. The minimum absolute atomic E-state index is 0.0734. The monoisotopic (exact) mass is 499 g/mol. The van der Waals surface area contributed by atoms with Gasteiger partial charge in [0, 0.05) is 19.0 Å². The van der Waals surface area contributed by atoms with Gasteiger partial charge in [-0.1, -0.05) is 11.2 Å². The fourth-order valence-corrected chi connectivity index (χ4v) is 4.63. The second-order valence-corrected chi connectivity index (χ2v) is 9.06. The molecule has 0 spiro atoms. The number of halogens is 1. The molecule has 2 aliphatic rings. The van der Waals surface area contributed by atoms with E-state index in [9.17, 15) is 14.0 Å². The van der Waals surface area contributed by atoms with E-state index in [-0.39, 0.29) is 41.9 Å². The van der Waals surface area contributed by atoms with Crippen LogP contribution in [0.4, 0.5) is 4.39 Å². The van der Waals surface area contributed by atoms with Crippen LogP contribution in [0.3, 0.4) is 0 Å². The summed E-state index contributed by atoms with van der Waals surface area (Å²) in [6.45, 7) is 1.39. The molecule has 2 amide bonds. The second kappa shape index (κ2) is 11.4. The molecule has 3 N–H and O–H groups in total. The number of rotatable bonds is 8. The Morgan fingerprint density at radius 1 is 1.19 bits per heavy atom. The van der Waals surface area contributed by atoms with Gasteiger partial charge < -0.3 is 25.3 Å². The van der Waals surface area contributed by atoms with E-state index < -0.39 is 12.4 Å². The average Bonchev–Trinajstić information content (AvgIpc) is 3.38. The van der Waals surface area contributed by atoms with Crippen molar-refractivity contribution in [1.29, 1.82) is 0 Å². The second-order valence-electron chi connectivity index (χ2n) is 9.06.